The van der Waals surface area contributed by atoms with Crippen LogP contribution >= 0.6 is 0 Å². The molecule has 1 heterocycles. The first-order valence-corrected chi connectivity index (χ1v) is 7.24. The van der Waals surface area contributed by atoms with Gasteiger partial charge >= 0.3 is 0 Å². The SMILES string of the molecule is Cc1ccc2c(c1)N(C)CC1(CCCCC1)CN2. The van der Waals surface area contributed by atoms with E-state index in [1.807, 2.05) is 0 Å². The van der Waals surface area contributed by atoms with E-state index in [9.17, 15) is 0 Å². The maximum atomic E-state index is 3.70. The molecule has 18 heavy (non-hydrogen) atoms. The third-order valence-electron chi connectivity index (χ3n) is 4.71. The minimum absolute atomic E-state index is 0.500. The number of fused-ring (bicyclic) bond motifs is 1. The Balaban J connectivity index is 1.90. The van der Waals surface area contributed by atoms with Crippen molar-refractivity contribution >= 4 is 11.4 Å². The lowest BCUT2D eigenvalue weighted by atomic mass is 9.74. The smallest absolute Gasteiger partial charge is 0.0602 e. The third kappa shape index (κ3) is 2.09. The van der Waals surface area contributed by atoms with E-state index >= 15 is 0 Å². The molecule has 98 valence electrons. The highest BCUT2D eigenvalue weighted by Gasteiger charge is 2.35. The molecule has 1 fully saturated rings. The Bertz CT molecular complexity index is 433. The van der Waals surface area contributed by atoms with Crippen molar-refractivity contribution in [2.24, 2.45) is 5.41 Å². The minimum atomic E-state index is 0.500. The molecule has 2 nitrogen and oxygen atoms in total. The first-order valence-electron chi connectivity index (χ1n) is 7.24. The maximum absolute atomic E-state index is 3.70. The fourth-order valence-corrected chi connectivity index (χ4v) is 3.67. The molecular formula is C16H24N2. The normalized spacial score (nSPS) is 22.2. The van der Waals surface area contributed by atoms with E-state index in [1.165, 1.54) is 55.6 Å². The van der Waals surface area contributed by atoms with E-state index in [4.69, 9.17) is 0 Å². The molecule has 2 heteroatoms. The fraction of sp³-hybridized carbons (Fsp3) is 0.625. The van der Waals surface area contributed by atoms with Crippen LogP contribution in [0.5, 0.6) is 0 Å². The lowest BCUT2D eigenvalue weighted by molar-refractivity contribution is 0.215. The summed E-state index contributed by atoms with van der Waals surface area (Å²) in [5.74, 6) is 0. The van der Waals surface area contributed by atoms with E-state index < -0.39 is 0 Å². The molecule has 0 radical (unpaired) electrons. The largest absolute Gasteiger partial charge is 0.383 e. The van der Waals surface area contributed by atoms with Crippen molar-refractivity contribution < 1.29 is 0 Å². The van der Waals surface area contributed by atoms with E-state index in [1.54, 1.807) is 0 Å². The van der Waals surface area contributed by atoms with Gasteiger partial charge in [0.05, 0.1) is 11.4 Å². The molecule has 0 saturated heterocycles. The molecule has 0 aromatic heterocycles. The van der Waals surface area contributed by atoms with Crippen LogP contribution in [0.4, 0.5) is 11.4 Å². The Morgan fingerprint density at radius 2 is 1.94 bits per heavy atom. The number of hydrogen-bond donors (Lipinski definition) is 1. The van der Waals surface area contributed by atoms with E-state index in [-0.39, 0.29) is 0 Å². The molecule has 0 atom stereocenters. The molecular weight excluding hydrogens is 220 g/mol. The number of nitrogens with one attached hydrogen (secondary N) is 1. The van der Waals surface area contributed by atoms with Crippen LogP contribution in [0.25, 0.3) is 0 Å². The summed E-state index contributed by atoms with van der Waals surface area (Å²) >= 11 is 0. The second kappa shape index (κ2) is 4.49. The molecule has 3 rings (SSSR count). The standard InChI is InChI=1S/C16H24N2/c1-13-6-7-14-15(10-13)18(2)12-16(11-17-14)8-4-3-5-9-16/h6-7,10,17H,3-5,8-9,11-12H2,1-2H3. The quantitative estimate of drug-likeness (QED) is 0.746. The van der Waals surface area contributed by atoms with Gasteiger partial charge in [-0.2, -0.15) is 0 Å². The Morgan fingerprint density at radius 3 is 2.72 bits per heavy atom. The van der Waals surface area contributed by atoms with Gasteiger partial charge in [0.2, 0.25) is 0 Å². The van der Waals surface area contributed by atoms with Crippen LogP contribution in [-0.2, 0) is 0 Å². The zero-order valence-corrected chi connectivity index (χ0v) is 11.6. The van der Waals surface area contributed by atoms with Gasteiger partial charge in [0, 0.05) is 25.6 Å². The van der Waals surface area contributed by atoms with Crippen molar-refractivity contribution in [1.29, 1.82) is 0 Å². The molecule has 1 saturated carbocycles. The molecule has 1 aromatic carbocycles. The predicted octanol–water partition coefficient (Wildman–Crippen LogP) is 3.81. The summed E-state index contributed by atoms with van der Waals surface area (Å²) in [5, 5.41) is 3.70. The van der Waals surface area contributed by atoms with Gasteiger partial charge in [-0.3, -0.25) is 0 Å². The Kier molecular flexibility index (Phi) is 2.96. The van der Waals surface area contributed by atoms with Crippen LogP contribution in [-0.4, -0.2) is 20.1 Å². The van der Waals surface area contributed by atoms with Gasteiger partial charge in [-0.25, -0.2) is 0 Å². The summed E-state index contributed by atoms with van der Waals surface area (Å²) in [7, 11) is 2.25. The van der Waals surface area contributed by atoms with Crippen LogP contribution < -0.4 is 10.2 Å². The highest BCUT2D eigenvalue weighted by Crippen LogP contribution is 2.41. The summed E-state index contributed by atoms with van der Waals surface area (Å²) in [6, 6.07) is 6.76. The van der Waals surface area contributed by atoms with Crippen molar-refractivity contribution in [3.05, 3.63) is 23.8 Å². The average Bonchev–Trinajstić information content (AvgIpc) is 2.49. The molecule has 1 aliphatic carbocycles. The number of nitrogens with zero attached hydrogens (tertiary/aromatic N) is 1. The van der Waals surface area contributed by atoms with Crippen LogP contribution in [0.1, 0.15) is 37.7 Å². The topological polar surface area (TPSA) is 15.3 Å². The first kappa shape index (κ1) is 11.9. The van der Waals surface area contributed by atoms with Crippen molar-refractivity contribution in [2.75, 3.05) is 30.4 Å². The number of rotatable bonds is 0. The van der Waals surface area contributed by atoms with Gasteiger partial charge in [0.25, 0.3) is 0 Å². The predicted molar refractivity (Wildman–Crippen MR) is 78.5 cm³/mol. The van der Waals surface area contributed by atoms with E-state index in [0.717, 1.165) is 6.54 Å². The monoisotopic (exact) mass is 244 g/mol. The second-order valence-corrected chi connectivity index (χ2v) is 6.29. The van der Waals surface area contributed by atoms with Crippen molar-refractivity contribution in [2.45, 2.75) is 39.0 Å². The van der Waals surface area contributed by atoms with Gasteiger partial charge in [-0.05, 0) is 37.5 Å². The Hall–Kier alpha value is -1.18. The van der Waals surface area contributed by atoms with Gasteiger partial charge in [0.1, 0.15) is 0 Å². The molecule has 0 unspecified atom stereocenters. The zero-order chi connectivity index (χ0) is 12.6. The van der Waals surface area contributed by atoms with Crippen LogP contribution in [0.2, 0.25) is 0 Å². The highest BCUT2D eigenvalue weighted by molar-refractivity contribution is 5.71. The summed E-state index contributed by atoms with van der Waals surface area (Å²) in [6.45, 7) is 4.53. The lowest BCUT2D eigenvalue weighted by Gasteiger charge is -2.38. The average molecular weight is 244 g/mol. The van der Waals surface area contributed by atoms with E-state index in [2.05, 4.69) is 42.4 Å². The molecule has 0 bridgehead atoms. The summed E-state index contributed by atoms with van der Waals surface area (Å²) in [4.78, 5) is 2.47. The Labute approximate surface area is 110 Å². The maximum Gasteiger partial charge on any atom is 0.0602 e. The van der Waals surface area contributed by atoms with Crippen LogP contribution in [0.15, 0.2) is 18.2 Å². The van der Waals surface area contributed by atoms with Gasteiger partial charge in [-0.1, -0.05) is 25.3 Å². The first-order chi connectivity index (χ1) is 8.69. The molecule has 1 N–H and O–H groups in total. The third-order valence-corrected chi connectivity index (χ3v) is 4.71. The van der Waals surface area contributed by atoms with Gasteiger partial charge < -0.3 is 10.2 Å². The fourth-order valence-electron chi connectivity index (χ4n) is 3.67. The van der Waals surface area contributed by atoms with Crippen LogP contribution in [0.3, 0.4) is 0 Å². The molecule has 1 spiro atoms. The summed E-state index contributed by atoms with van der Waals surface area (Å²) in [6.07, 6.45) is 7.02. The van der Waals surface area contributed by atoms with E-state index in [0.29, 0.717) is 5.41 Å². The van der Waals surface area contributed by atoms with Crippen molar-refractivity contribution in [3.8, 4) is 0 Å². The van der Waals surface area contributed by atoms with Crippen molar-refractivity contribution in [1.82, 2.24) is 0 Å². The zero-order valence-electron chi connectivity index (χ0n) is 11.6. The summed E-state index contributed by atoms with van der Waals surface area (Å²) < 4.78 is 0. The van der Waals surface area contributed by atoms with Crippen molar-refractivity contribution in [3.63, 3.8) is 0 Å². The molecule has 0 amide bonds. The molecule has 1 aliphatic heterocycles. The molecule has 2 aliphatic rings. The second-order valence-electron chi connectivity index (χ2n) is 6.29. The number of anilines is 2. The number of hydrogen-bond acceptors (Lipinski definition) is 2. The lowest BCUT2D eigenvalue weighted by Crippen LogP contribution is -2.40. The summed E-state index contributed by atoms with van der Waals surface area (Å²) in [5.41, 5.74) is 4.53. The number of benzene rings is 1. The Morgan fingerprint density at radius 1 is 1.17 bits per heavy atom. The van der Waals surface area contributed by atoms with Gasteiger partial charge in [0.15, 0.2) is 0 Å². The van der Waals surface area contributed by atoms with Gasteiger partial charge in [-0.15, -0.1) is 0 Å². The minimum Gasteiger partial charge on any atom is -0.383 e. The highest BCUT2D eigenvalue weighted by atomic mass is 15.2. The number of aryl methyl sites for hydroxylation is 1. The van der Waals surface area contributed by atoms with Crippen LogP contribution in [0, 0.1) is 12.3 Å². The molecule has 1 aromatic rings.